The molecule has 1 heterocycles. The molecule has 5 heteroatoms. The first kappa shape index (κ1) is 12.8. The van der Waals surface area contributed by atoms with E-state index in [4.69, 9.17) is 9.47 Å². The Morgan fingerprint density at radius 3 is 2.63 bits per heavy atom. The molecule has 0 aliphatic carbocycles. The Labute approximate surface area is 128 Å². The molecule has 3 nitrogen and oxygen atoms in total. The molecule has 0 bridgehead atoms. The maximum Gasteiger partial charge on any atom is 0.231 e. The van der Waals surface area contributed by atoms with Gasteiger partial charge in [0, 0.05) is 27.2 Å². The van der Waals surface area contributed by atoms with E-state index in [0.29, 0.717) is 6.79 Å². The van der Waals surface area contributed by atoms with Gasteiger partial charge in [-0.3, -0.25) is 0 Å². The minimum atomic E-state index is 0.304. The van der Waals surface area contributed by atoms with Crippen LogP contribution in [0.3, 0.4) is 0 Å². The first-order valence-corrected chi connectivity index (χ1v) is 7.38. The van der Waals surface area contributed by atoms with Crippen molar-refractivity contribution in [1.29, 1.82) is 0 Å². The van der Waals surface area contributed by atoms with Crippen LogP contribution in [0.4, 0.5) is 5.69 Å². The molecule has 0 atom stereocenters. The van der Waals surface area contributed by atoms with Gasteiger partial charge < -0.3 is 14.8 Å². The lowest BCUT2D eigenvalue weighted by molar-refractivity contribution is 0.174. The van der Waals surface area contributed by atoms with Crippen molar-refractivity contribution in [3.8, 4) is 11.5 Å². The molecule has 0 saturated heterocycles. The highest BCUT2D eigenvalue weighted by molar-refractivity contribution is 9.13. The van der Waals surface area contributed by atoms with Crippen molar-refractivity contribution in [2.45, 2.75) is 6.54 Å². The second-order valence-electron chi connectivity index (χ2n) is 4.17. The molecule has 0 saturated carbocycles. The first-order valence-electron chi connectivity index (χ1n) is 5.80. The third kappa shape index (κ3) is 2.87. The lowest BCUT2D eigenvalue weighted by Gasteiger charge is -2.08. The molecule has 2 aromatic carbocycles. The molecule has 3 rings (SSSR count). The van der Waals surface area contributed by atoms with E-state index in [9.17, 15) is 0 Å². The van der Waals surface area contributed by atoms with Gasteiger partial charge in [-0.1, -0.05) is 6.07 Å². The van der Waals surface area contributed by atoms with Gasteiger partial charge in [0.25, 0.3) is 0 Å². The lowest BCUT2D eigenvalue weighted by Crippen LogP contribution is -1.99. The topological polar surface area (TPSA) is 30.5 Å². The van der Waals surface area contributed by atoms with Gasteiger partial charge >= 0.3 is 0 Å². The minimum Gasteiger partial charge on any atom is -0.454 e. The maximum atomic E-state index is 5.35. The normalized spacial score (nSPS) is 12.5. The highest BCUT2D eigenvalue weighted by Gasteiger charge is 2.12. The summed E-state index contributed by atoms with van der Waals surface area (Å²) >= 11 is 6.96. The van der Waals surface area contributed by atoms with E-state index in [2.05, 4.69) is 49.3 Å². The van der Waals surface area contributed by atoms with Crippen LogP contribution < -0.4 is 14.8 Å². The fourth-order valence-corrected chi connectivity index (χ4v) is 2.53. The van der Waals surface area contributed by atoms with Crippen LogP contribution in [-0.4, -0.2) is 6.79 Å². The van der Waals surface area contributed by atoms with Gasteiger partial charge in [0.15, 0.2) is 11.5 Å². The number of nitrogens with one attached hydrogen (secondary N) is 1. The van der Waals surface area contributed by atoms with Gasteiger partial charge in [0.05, 0.1) is 0 Å². The van der Waals surface area contributed by atoms with Crippen LogP contribution in [0.15, 0.2) is 45.3 Å². The zero-order valence-electron chi connectivity index (χ0n) is 9.95. The molecule has 98 valence electrons. The second kappa shape index (κ2) is 5.43. The summed E-state index contributed by atoms with van der Waals surface area (Å²) in [4.78, 5) is 0. The van der Waals surface area contributed by atoms with Crippen molar-refractivity contribution < 1.29 is 9.47 Å². The van der Waals surface area contributed by atoms with Crippen molar-refractivity contribution in [2.24, 2.45) is 0 Å². The number of hydrogen-bond acceptors (Lipinski definition) is 3. The van der Waals surface area contributed by atoms with Gasteiger partial charge in [-0.2, -0.15) is 0 Å². The van der Waals surface area contributed by atoms with Gasteiger partial charge in [0.2, 0.25) is 6.79 Å². The summed E-state index contributed by atoms with van der Waals surface area (Å²) in [5.41, 5.74) is 2.22. The van der Waals surface area contributed by atoms with E-state index in [-0.39, 0.29) is 0 Å². The molecule has 1 aliphatic heterocycles. The van der Waals surface area contributed by atoms with Crippen molar-refractivity contribution in [2.75, 3.05) is 12.1 Å². The Kier molecular flexibility index (Phi) is 3.66. The zero-order chi connectivity index (χ0) is 13.2. The van der Waals surface area contributed by atoms with Crippen molar-refractivity contribution in [3.63, 3.8) is 0 Å². The van der Waals surface area contributed by atoms with Gasteiger partial charge in [-0.25, -0.2) is 0 Å². The molecule has 0 unspecified atom stereocenters. The van der Waals surface area contributed by atoms with Crippen molar-refractivity contribution >= 4 is 37.5 Å². The van der Waals surface area contributed by atoms with Gasteiger partial charge in [-0.05, 0) is 61.7 Å². The SMILES string of the molecule is Brc1ccc(CNc2ccc3c(c2)OCO3)cc1Br. The van der Waals surface area contributed by atoms with Crippen LogP contribution >= 0.6 is 31.9 Å². The third-order valence-electron chi connectivity index (χ3n) is 2.85. The summed E-state index contributed by atoms with van der Waals surface area (Å²) in [6.45, 7) is 1.06. The quantitative estimate of drug-likeness (QED) is 0.841. The predicted octanol–water partition coefficient (Wildman–Crippen LogP) is 4.55. The van der Waals surface area contributed by atoms with Crippen LogP contribution in [-0.2, 0) is 6.54 Å². The highest BCUT2D eigenvalue weighted by atomic mass is 79.9. The van der Waals surface area contributed by atoms with E-state index >= 15 is 0 Å². The molecule has 0 fully saturated rings. The Balaban J connectivity index is 1.70. The fraction of sp³-hybridized carbons (Fsp3) is 0.143. The number of hydrogen-bond donors (Lipinski definition) is 1. The Bertz CT molecular complexity index is 616. The van der Waals surface area contributed by atoms with E-state index in [1.807, 2.05) is 24.3 Å². The smallest absolute Gasteiger partial charge is 0.231 e. The van der Waals surface area contributed by atoms with Crippen LogP contribution in [0.25, 0.3) is 0 Å². The minimum absolute atomic E-state index is 0.304. The van der Waals surface area contributed by atoms with Crippen molar-refractivity contribution in [3.05, 3.63) is 50.9 Å². The molecule has 0 radical (unpaired) electrons. The number of benzene rings is 2. The number of fused-ring (bicyclic) bond motifs is 1. The molecular formula is C14H11Br2NO2. The summed E-state index contributed by atoms with van der Waals surface area (Å²) in [7, 11) is 0. The van der Waals surface area contributed by atoms with Gasteiger partial charge in [-0.15, -0.1) is 0 Å². The van der Waals surface area contributed by atoms with Crippen LogP contribution in [0, 0.1) is 0 Å². The molecule has 1 N–H and O–H groups in total. The van der Waals surface area contributed by atoms with Crippen molar-refractivity contribution in [1.82, 2.24) is 0 Å². The van der Waals surface area contributed by atoms with Crippen LogP contribution in [0.1, 0.15) is 5.56 Å². The molecule has 0 aromatic heterocycles. The molecule has 0 spiro atoms. The third-order valence-corrected chi connectivity index (χ3v) is 4.73. The van der Waals surface area contributed by atoms with Crippen LogP contribution in [0.5, 0.6) is 11.5 Å². The zero-order valence-corrected chi connectivity index (χ0v) is 13.1. The monoisotopic (exact) mass is 383 g/mol. The summed E-state index contributed by atoms with van der Waals surface area (Å²) in [6.07, 6.45) is 0. The summed E-state index contributed by atoms with van der Waals surface area (Å²) in [6, 6.07) is 12.1. The predicted molar refractivity (Wildman–Crippen MR) is 81.7 cm³/mol. The van der Waals surface area contributed by atoms with E-state index in [0.717, 1.165) is 32.7 Å². The molecule has 2 aromatic rings. The number of anilines is 1. The average molecular weight is 385 g/mol. The molecule has 19 heavy (non-hydrogen) atoms. The Hall–Kier alpha value is -1.20. The van der Waals surface area contributed by atoms with E-state index in [1.165, 1.54) is 5.56 Å². The summed E-state index contributed by atoms with van der Waals surface area (Å²) in [5.74, 6) is 1.60. The average Bonchev–Trinajstić information content (AvgIpc) is 2.87. The summed E-state index contributed by atoms with van der Waals surface area (Å²) < 4.78 is 12.7. The van der Waals surface area contributed by atoms with Gasteiger partial charge in [0.1, 0.15) is 0 Å². The molecule has 1 aliphatic rings. The van der Waals surface area contributed by atoms with E-state index in [1.54, 1.807) is 0 Å². The second-order valence-corrected chi connectivity index (χ2v) is 5.88. The lowest BCUT2D eigenvalue weighted by atomic mass is 10.2. The van der Waals surface area contributed by atoms with Crippen LogP contribution in [0.2, 0.25) is 0 Å². The Morgan fingerprint density at radius 2 is 1.79 bits per heavy atom. The number of halogens is 2. The number of rotatable bonds is 3. The standard InChI is InChI=1S/C14H11Br2NO2/c15-11-3-1-9(5-12(11)16)7-17-10-2-4-13-14(6-10)19-8-18-13/h1-6,17H,7-8H2. The first-order chi connectivity index (χ1) is 9.22. The Morgan fingerprint density at radius 1 is 0.947 bits per heavy atom. The largest absolute Gasteiger partial charge is 0.454 e. The molecule has 0 amide bonds. The van der Waals surface area contributed by atoms with E-state index < -0.39 is 0 Å². The molecular weight excluding hydrogens is 374 g/mol. The fourth-order valence-electron chi connectivity index (χ4n) is 1.86. The summed E-state index contributed by atoms with van der Waals surface area (Å²) in [5, 5.41) is 3.37. The highest BCUT2D eigenvalue weighted by Crippen LogP contribution is 2.34. The number of ether oxygens (including phenoxy) is 2. The maximum absolute atomic E-state index is 5.35.